The summed E-state index contributed by atoms with van der Waals surface area (Å²) in [6.45, 7) is 12.9. The topological polar surface area (TPSA) is 23.5 Å². The van der Waals surface area contributed by atoms with Crippen LogP contribution in [0, 0.1) is 12.3 Å². The molecule has 1 N–H and O–H groups in total. The fourth-order valence-corrected chi connectivity index (χ4v) is 2.35. The summed E-state index contributed by atoms with van der Waals surface area (Å²) in [5.41, 5.74) is 4.09. The monoisotopic (exact) mass is 263 g/mol. The van der Waals surface area contributed by atoms with Crippen molar-refractivity contribution in [2.75, 3.05) is 20.2 Å². The maximum atomic E-state index is 9.35. The third-order valence-corrected chi connectivity index (χ3v) is 3.61. The Morgan fingerprint density at radius 1 is 1.26 bits per heavy atom. The van der Waals surface area contributed by atoms with E-state index in [1.165, 1.54) is 16.7 Å². The van der Waals surface area contributed by atoms with Crippen LogP contribution < -0.4 is 0 Å². The highest BCUT2D eigenvalue weighted by Gasteiger charge is 2.19. The predicted octanol–water partition coefficient (Wildman–Crippen LogP) is 3.57. The second-order valence-electron chi connectivity index (χ2n) is 6.84. The third-order valence-electron chi connectivity index (χ3n) is 3.61. The van der Waals surface area contributed by atoms with Gasteiger partial charge >= 0.3 is 0 Å². The number of aryl methyl sites for hydroxylation is 1. The van der Waals surface area contributed by atoms with E-state index < -0.39 is 0 Å². The molecule has 0 atom stereocenters. The van der Waals surface area contributed by atoms with Gasteiger partial charge in [0.1, 0.15) is 0 Å². The summed E-state index contributed by atoms with van der Waals surface area (Å²) in [5, 5.41) is 9.35. The summed E-state index contributed by atoms with van der Waals surface area (Å²) in [5.74, 6) is 0.568. The summed E-state index contributed by atoms with van der Waals surface area (Å²) in [4.78, 5) is 2.29. The number of aliphatic hydroxyl groups is 1. The molecule has 0 saturated heterocycles. The second kappa shape index (κ2) is 6.53. The van der Waals surface area contributed by atoms with E-state index in [4.69, 9.17) is 0 Å². The zero-order valence-corrected chi connectivity index (χ0v) is 13.3. The van der Waals surface area contributed by atoms with E-state index in [1.54, 1.807) is 0 Å². The molecular formula is C17H29NO. The van der Waals surface area contributed by atoms with Gasteiger partial charge in [0, 0.05) is 25.1 Å². The highest BCUT2D eigenvalue weighted by atomic mass is 16.3. The molecule has 0 aliphatic heterocycles. The van der Waals surface area contributed by atoms with E-state index in [2.05, 4.69) is 64.8 Å². The number of aliphatic hydroxyl groups excluding tert-OH is 1. The van der Waals surface area contributed by atoms with E-state index in [0.717, 1.165) is 13.1 Å². The largest absolute Gasteiger partial charge is 0.396 e. The van der Waals surface area contributed by atoms with Crippen molar-refractivity contribution in [3.05, 3.63) is 34.9 Å². The number of hydrogen-bond donors (Lipinski definition) is 1. The van der Waals surface area contributed by atoms with Gasteiger partial charge in [-0.05, 0) is 36.6 Å². The van der Waals surface area contributed by atoms with Crippen molar-refractivity contribution < 1.29 is 5.11 Å². The zero-order valence-electron chi connectivity index (χ0n) is 13.3. The highest BCUT2D eigenvalue weighted by Crippen LogP contribution is 2.21. The van der Waals surface area contributed by atoms with Gasteiger partial charge in [0.2, 0.25) is 0 Å². The van der Waals surface area contributed by atoms with Crippen molar-refractivity contribution in [1.29, 1.82) is 0 Å². The summed E-state index contributed by atoms with van der Waals surface area (Å²) in [6.07, 6.45) is 0. The molecule has 0 saturated carbocycles. The van der Waals surface area contributed by atoms with Crippen molar-refractivity contribution in [3.8, 4) is 0 Å². The van der Waals surface area contributed by atoms with E-state index >= 15 is 0 Å². The Bertz CT molecular complexity index is 410. The lowest BCUT2D eigenvalue weighted by Gasteiger charge is -2.29. The summed E-state index contributed by atoms with van der Waals surface area (Å²) < 4.78 is 0. The van der Waals surface area contributed by atoms with Crippen LogP contribution in [0.4, 0.5) is 0 Å². The van der Waals surface area contributed by atoms with Crippen molar-refractivity contribution in [3.63, 3.8) is 0 Å². The lowest BCUT2D eigenvalue weighted by molar-refractivity contribution is 0.112. The maximum absolute atomic E-state index is 9.35. The lowest BCUT2D eigenvalue weighted by atomic mass is 9.93. The minimum Gasteiger partial charge on any atom is -0.396 e. The average Bonchev–Trinajstić information content (AvgIpc) is 2.31. The van der Waals surface area contributed by atoms with E-state index in [0.29, 0.717) is 5.92 Å². The molecule has 2 nitrogen and oxygen atoms in total. The molecule has 0 bridgehead atoms. The molecule has 0 amide bonds. The predicted molar refractivity (Wildman–Crippen MR) is 82.5 cm³/mol. The van der Waals surface area contributed by atoms with Crippen LogP contribution in [0.15, 0.2) is 18.2 Å². The van der Waals surface area contributed by atoms with E-state index in [-0.39, 0.29) is 12.0 Å². The van der Waals surface area contributed by atoms with Crippen LogP contribution in [0.5, 0.6) is 0 Å². The van der Waals surface area contributed by atoms with Gasteiger partial charge in [-0.15, -0.1) is 0 Å². The molecule has 19 heavy (non-hydrogen) atoms. The van der Waals surface area contributed by atoms with E-state index in [1.807, 2.05) is 0 Å². The SMILES string of the molecule is Cc1ccc(C(C)C)cc1CN(C)CC(C)(C)CO. The molecule has 1 rings (SSSR count). The van der Waals surface area contributed by atoms with Crippen LogP contribution in [0.25, 0.3) is 0 Å². The Kier molecular flexibility index (Phi) is 5.57. The van der Waals surface area contributed by atoms with Gasteiger partial charge in [0.05, 0.1) is 0 Å². The van der Waals surface area contributed by atoms with Gasteiger partial charge in [-0.1, -0.05) is 45.9 Å². The molecule has 0 aliphatic rings. The van der Waals surface area contributed by atoms with Crippen molar-refractivity contribution in [1.82, 2.24) is 4.90 Å². The molecule has 1 aromatic rings. The minimum atomic E-state index is -0.0433. The Balaban J connectivity index is 2.78. The number of nitrogens with zero attached hydrogens (tertiary/aromatic N) is 1. The van der Waals surface area contributed by atoms with Gasteiger partial charge in [-0.2, -0.15) is 0 Å². The van der Waals surface area contributed by atoms with Crippen LogP contribution in [0.2, 0.25) is 0 Å². The molecule has 0 aliphatic carbocycles. The van der Waals surface area contributed by atoms with Gasteiger partial charge in [0.25, 0.3) is 0 Å². The fourth-order valence-electron chi connectivity index (χ4n) is 2.35. The average molecular weight is 263 g/mol. The van der Waals surface area contributed by atoms with E-state index in [9.17, 15) is 5.11 Å². The fraction of sp³-hybridized carbons (Fsp3) is 0.647. The van der Waals surface area contributed by atoms with Crippen LogP contribution in [0.3, 0.4) is 0 Å². The number of hydrogen-bond acceptors (Lipinski definition) is 2. The van der Waals surface area contributed by atoms with Crippen LogP contribution in [-0.2, 0) is 6.54 Å². The number of rotatable bonds is 6. The highest BCUT2D eigenvalue weighted by molar-refractivity contribution is 5.32. The molecule has 0 radical (unpaired) electrons. The van der Waals surface area contributed by atoms with Crippen LogP contribution in [0.1, 0.15) is 50.3 Å². The summed E-state index contributed by atoms with van der Waals surface area (Å²) >= 11 is 0. The van der Waals surface area contributed by atoms with Crippen molar-refractivity contribution in [2.45, 2.75) is 47.1 Å². The first kappa shape index (κ1) is 16.2. The minimum absolute atomic E-state index is 0.0433. The molecule has 0 heterocycles. The molecule has 0 fully saturated rings. The van der Waals surface area contributed by atoms with Gasteiger partial charge < -0.3 is 10.0 Å². The Morgan fingerprint density at radius 2 is 1.89 bits per heavy atom. The zero-order chi connectivity index (χ0) is 14.6. The molecule has 2 heteroatoms. The molecular weight excluding hydrogens is 234 g/mol. The van der Waals surface area contributed by atoms with Gasteiger partial charge in [-0.3, -0.25) is 0 Å². The molecule has 0 spiro atoms. The Labute approximate surface area is 118 Å². The molecule has 108 valence electrons. The Hall–Kier alpha value is -0.860. The number of benzene rings is 1. The lowest BCUT2D eigenvalue weighted by Crippen LogP contribution is -2.33. The first-order valence-corrected chi connectivity index (χ1v) is 7.14. The van der Waals surface area contributed by atoms with Crippen LogP contribution in [-0.4, -0.2) is 30.2 Å². The summed E-state index contributed by atoms with van der Waals surface area (Å²) in [6, 6.07) is 6.76. The van der Waals surface area contributed by atoms with Crippen molar-refractivity contribution in [2.24, 2.45) is 5.41 Å². The quantitative estimate of drug-likeness (QED) is 0.848. The molecule has 0 unspecified atom stereocenters. The normalized spacial score (nSPS) is 12.5. The van der Waals surface area contributed by atoms with Gasteiger partial charge in [0.15, 0.2) is 0 Å². The molecule has 0 aromatic heterocycles. The first-order valence-electron chi connectivity index (χ1n) is 7.14. The summed E-state index contributed by atoms with van der Waals surface area (Å²) in [7, 11) is 2.12. The first-order chi connectivity index (χ1) is 8.75. The molecule has 1 aromatic carbocycles. The smallest absolute Gasteiger partial charge is 0.0494 e. The second-order valence-corrected chi connectivity index (χ2v) is 6.84. The van der Waals surface area contributed by atoms with Gasteiger partial charge in [-0.25, -0.2) is 0 Å². The Morgan fingerprint density at radius 3 is 2.42 bits per heavy atom. The maximum Gasteiger partial charge on any atom is 0.0494 e. The van der Waals surface area contributed by atoms with Crippen molar-refractivity contribution >= 4 is 0 Å². The van der Waals surface area contributed by atoms with Crippen LogP contribution >= 0.6 is 0 Å². The third kappa shape index (κ3) is 4.96. The standard InChI is InChI=1S/C17H29NO/c1-13(2)15-8-7-14(3)16(9-15)10-18(6)11-17(4,5)12-19/h7-9,13,19H,10-12H2,1-6H3.